The Morgan fingerprint density at radius 3 is 1.13 bits per heavy atom. The van der Waals surface area contributed by atoms with Gasteiger partial charge in [-0.2, -0.15) is 0 Å². The summed E-state index contributed by atoms with van der Waals surface area (Å²) in [6, 6.07) is 0. The van der Waals surface area contributed by atoms with Crippen LogP contribution in [0.25, 0.3) is 0 Å². The van der Waals surface area contributed by atoms with Crippen LogP contribution in [0.5, 0.6) is 0 Å². The van der Waals surface area contributed by atoms with Crippen LogP contribution < -0.4 is 0 Å². The number of nitrogens with zero attached hydrogens (tertiary/aromatic N) is 3. The normalized spacial score (nSPS) is 5.67. The van der Waals surface area contributed by atoms with Crippen molar-refractivity contribution in [3.63, 3.8) is 0 Å². The SMILES string of the molecule is [CH2-]c1nc([CH2-])nc(C)n1.[Y].[Y].[Y].[Y].[Y].[Y]. The molecule has 0 aromatic carbocycles. The van der Waals surface area contributed by atoms with Gasteiger partial charge >= 0.3 is 0 Å². The van der Waals surface area contributed by atoms with Crippen LogP contribution in [-0.2, 0) is 196 Å². The molecule has 1 aromatic heterocycles. The van der Waals surface area contributed by atoms with Gasteiger partial charge in [-0.1, -0.05) is 0 Å². The van der Waals surface area contributed by atoms with Gasteiger partial charge in [0.05, 0.1) is 0 Å². The molecule has 0 fully saturated rings. The fourth-order valence-electron chi connectivity index (χ4n) is 0.598. The predicted molar refractivity (Wildman–Crippen MR) is 33.5 cm³/mol. The van der Waals surface area contributed by atoms with Crippen molar-refractivity contribution in [2.45, 2.75) is 6.92 Å². The third-order valence-corrected chi connectivity index (χ3v) is 0.840. The van der Waals surface area contributed by atoms with E-state index >= 15 is 0 Å². The Hall–Kier alpha value is 5.37. The van der Waals surface area contributed by atoms with Crippen LogP contribution in [0.2, 0.25) is 0 Å². The van der Waals surface area contributed by atoms with Crippen LogP contribution in [0, 0.1) is 20.8 Å². The van der Waals surface area contributed by atoms with Crippen LogP contribution in [0.3, 0.4) is 0 Å². The first-order chi connectivity index (χ1) is 4.18. The van der Waals surface area contributed by atoms with E-state index in [1.54, 1.807) is 6.92 Å². The summed E-state index contributed by atoms with van der Waals surface area (Å²) < 4.78 is 0. The predicted octanol–water partition coefficient (Wildman–Crippen LogP) is 0.529. The molecule has 0 aliphatic carbocycles. The number of aryl methyl sites for hydroxylation is 1. The molecule has 3 nitrogen and oxygen atoms in total. The van der Waals surface area contributed by atoms with Crippen LogP contribution >= 0.6 is 0 Å². The maximum atomic E-state index is 3.86. The molecule has 0 amide bonds. The molecule has 0 N–H and O–H groups in total. The maximum Gasteiger partial charge on any atom is 0.123 e. The first-order valence-electron chi connectivity index (χ1n) is 2.55. The van der Waals surface area contributed by atoms with Gasteiger partial charge in [0, 0.05) is 196 Å². The number of rotatable bonds is 0. The average Bonchev–Trinajstić information content (AvgIpc) is 1.59. The third kappa shape index (κ3) is 19.4. The van der Waals surface area contributed by atoms with E-state index in [2.05, 4.69) is 28.8 Å². The van der Waals surface area contributed by atoms with Crippen molar-refractivity contribution in [1.82, 2.24) is 15.0 Å². The molecule has 6 radical (unpaired) electrons. The summed E-state index contributed by atoms with van der Waals surface area (Å²) in [5, 5.41) is 0. The Morgan fingerprint density at radius 2 is 0.933 bits per heavy atom. The van der Waals surface area contributed by atoms with Gasteiger partial charge < -0.3 is 13.8 Å². The fraction of sp³-hybridized carbons (Fsp3) is 0.167. The molecular formula is C6H7N3Y6-2. The van der Waals surface area contributed by atoms with Crippen molar-refractivity contribution < 1.29 is 196 Å². The van der Waals surface area contributed by atoms with E-state index in [1.165, 1.54) is 0 Å². The summed E-state index contributed by atoms with van der Waals surface area (Å²) in [5.41, 5.74) is 0. The Bertz CT molecular complexity index is 184. The Labute approximate surface area is 242 Å². The minimum absolute atomic E-state index is 0. The Balaban J connectivity index is -0.0000000337. The van der Waals surface area contributed by atoms with Crippen LogP contribution in [-0.4, -0.2) is 15.0 Å². The van der Waals surface area contributed by atoms with Crippen molar-refractivity contribution in [1.29, 1.82) is 0 Å². The number of hydrogen-bond acceptors (Lipinski definition) is 3. The van der Waals surface area contributed by atoms with Gasteiger partial charge in [-0.3, -0.25) is 15.0 Å². The van der Waals surface area contributed by atoms with Crippen molar-refractivity contribution in [2.24, 2.45) is 0 Å². The van der Waals surface area contributed by atoms with Gasteiger partial charge in [-0.15, -0.1) is 0 Å². The van der Waals surface area contributed by atoms with E-state index in [4.69, 9.17) is 0 Å². The molecule has 66 valence electrons. The third-order valence-electron chi connectivity index (χ3n) is 0.840. The number of aromatic nitrogens is 3. The Kier molecular flexibility index (Phi) is 53.5. The molecule has 1 rings (SSSR count). The van der Waals surface area contributed by atoms with Crippen LogP contribution in [0.15, 0.2) is 0 Å². The number of hydrogen-bond donors (Lipinski definition) is 0. The van der Waals surface area contributed by atoms with Crippen molar-refractivity contribution >= 4 is 0 Å². The summed E-state index contributed by atoms with van der Waals surface area (Å²) in [4.78, 5) is 11.5. The standard InChI is InChI=1S/C6H7N3.6Y/c1-4-7-5(2)9-6(3)8-4;;;;;;/h1-2H2,3H3;;;;;;/q-2;;;;;;. The molecule has 0 aliphatic heterocycles. The van der Waals surface area contributed by atoms with E-state index in [0.717, 1.165) is 0 Å². The molecule has 0 aliphatic rings. The van der Waals surface area contributed by atoms with Crippen LogP contribution in [0.1, 0.15) is 17.5 Å². The van der Waals surface area contributed by atoms with E-state index in [9.17, 15) is 0 Å². The zero-order chi connectivity index (χ0) is 6.85. The molecule has 1 heterocycles. The van der Waals surface area contributed by atoms with Crippen molar-refractivity contribution in [2.75, 3.05) is 0 Å². The van der Waals surface area contributed by atoms with Gasteiger partial charge in [-0.25, -0.2) is 0 Å². The van der Waals surface area contributed by atoms with Gasteiger partial charge in [0.1, 0.15) is 5.82 Å². The zero-order valence-electron chi connectivity index (χ0n) is 8.72. The van der Waals surface area contributed by atoms with E-state index < -0.39 is 0 Å². The second-order valence-electron chi connectivity index (χ2n) is 1.72. The van der Waals surface area contributed by atoms with Gasteiger partial charge in [0.15, 0.2) is 0 Å². The summed E-state index contributed by atoms with van der Waals surface area (Å²) in [6.07, 6.45) is 0. The zero-order valence-corrected chi connectivity index (χ0v) is 25.7. The van der Waals surface area contributed by atoms with E-state index in [0.29, 0.717) is 17.5 Å². The molecule has 0 atom stereocenters. The first-order valence-corrected chi connectivity index (χ1v) is 2.55. The van der Waals surface area contributed by atoms with E-state index in [1.807, 2.05) is 0 Å². The summed E-state index contributed by atoms with van der Waals surface area (Å²) in [6.45, 7) is 8.86. The summed E-state index contributed by atoms with van der Waals surface area (Å²) in [7, 11) is 0. The molecule has 9 heteroatoms. The van der Waals surface area contributed by atoms with Crippen molar-refractivity contribution in [3.05, 3.63) is 31.3 Å². The maximum absolute atomic E-state index is 3.86. The minimum atomic E-state index is 0. The second-order valence-corrected chi connectivity index (χ2v) is 1.72. The first kappa shape index (κ1) is 37.0. The second kappa shape index (κ2) is 21.7. The molecule has 0 bridgehead atoms. The molecule has 1 aromatic rings. The molecule has 15 heavy (non-hydrogen) atoms. The fourth-order valence-corrected chi connectivity index (χ4v) is 0.598. The molecule has 0 saturated carbocycles. The molecular weight excluding hydrogens is 648 g/mol. The van der Waals surface area contributed by atoms with Gasteiger partial charge in [0.2, 0.25) is 0 Å². The molecule has 0 spiro atoms. The van der Waals surface area contributed by atoms with Gasteiger partial charge in [-0.05, 0) is 18.6 Å². The smallest absolute Gasteiger partial charge is 0.123 e. The quantitative estimate of drug-likeness (QED) is 0.384. The van der Waals surface area contributed by atoms with Crippen LogP contribution in [0.4, 0.5) is 0 Å². The monoisotopic (exact) mass is 655 g/mol. The average molecular weight is 655 g/mol. The topological polar surface area (TPSA) is 38.7 Å². The largest absolute Gasteiger partial charge is 0.338 e. The van der Waals surface area contributed by atoms with E-state index in [-0.39, 0.29) is 196 Å². The molecule has 0 unspecified atom stereocenters. The summed E-state index contributed by atoms with van der Waals surface area (Å²) in [5.74, 6) is 1.63. The summed E-state index contributed by atoms with van der Waals surface area (Å²) >= 11 is 0. The Morgan fingerprint density at radius 1 is 0.667 bits per heavy atom. The van der Waals surface area contributed by atoms with Crippen molar-refractivity contribution in [3.8, 4) is 0 Å². The van der Waals surface area contributed by atoms with Gasteiger partial charge in [0.25, 0.3) is 0 Å². The minimum Gasteiger partial charge on any atom is -0.338 e. The molecule has 0 saturated heterocycles.